The van der Waals surface area contributed by atoms with Gasteiger partial charge in [-0.3, -0.25) is 4.72 Å². The van der Waals surface area contributed by atoms with Gasteiger partial charge in [0.25, 0.3) is 0 Å². The molecule has 0 aliphatic rings. The van der Waals surface area contributed by atoms with Crippen molar-refractivity contribution in [1.82, 2.24) is 4.57 Å². The van der Waals surface area contributed by atoms with E-state index in [0.717, 1.165) is 46.4 Å². The molecule has 3 N–H and O–H groups in total. The van der Waals surface area contributed by atoms with E-state index in [9.17, 15) is 8.42 Å². The summed E-state index contributed by atoms with van der Waals surface area (Å²) in [6, 6.07) is 23.4. The highest BCUT2D eigenvalue weighted by atomic mass is 32.2. The Balaban J connectivity index is 1.69. The van der Waals surface area contributed by atoms with E-state index in [1.165, 1.54) is 0 Å². The fourth-order valence-corrected chi connectivity index (χ4v) is 4.54. The van der Waals surface area contributed by atoms with Gasteiger partial charge in [-0.05, 0) is 43.2 Å². The fraction of sp³-hybridized carbons (Fsp3) is 0.231. The topological polar surface area (TPSA) is 86.4 Å². The first kappa shape index (κ1) is 22.7. The summed E-state index contributed by atoms with van der Waals surface area (Å²) < 4.78 is 34.6. The first-order valence-corrected chi connectivity index (χ1v) is 12.8. The molecule has 3 aromatic carbocycles. The van der Waals surface area contributed by atoms with E-state index in [1.54, 1.807) is 19.1 Å². The monoisotopic (exact) mass is 463 g/mol. The van der Waals surface area contributed by atoms with Crippen LogP contribution in [-0.2, 0) is 23.2 Å². The lowest BCUT2D eigenvalue weighted by atomic mass is 10.1. The van der Waals surface area contributed by atoms with Crippen molar-refractivity contribution in [3.05, 3.63) is 78.4 Å². The van der Waals surface area contributed by atoms with Crippen LogP contribution in [0.3, 0.4) is 0 Å². The molecule has 0 bridgehead atoms. The minimum Gasteiger partial charge on any atom is -0.489 e. The van der Waals surface area contributed by atoms with Crippen LogP contribution in [0, 0.1) is 0 Å². The third-order valence-corrected chi connectivity index (χ3v) is 6.89. The number of fused-ring (bicyclic) bond motifs is 1. The van der Waals surface area contributed by atoms with E-state index in [-0.39, 0.29) is 5.75 Å². The molecule has 0 unspecified atom stereocenters. The van der Waals surface area contributed by atoms with Crippen LogP contribution in [0.1, 0.15) is 25.8 Å². The Bertz CT molecular complexity index is 1350. The minimum atomic E-state index is -3.32. The van der Waals surface area contributed by atoms with Crippen LogP contribution >= 0.6 is 0 Å². The standard InChI is InChI=1S/C26H29N3O3S/c1-3-16-29-24-17-22(32-18-19-8-6-5-7-9-19)14-15-23(24)25(27)26(29)20-10-12-21(13-11-20)28-33(30,31)4-2/h5-15,17,28H,3-4,16,18,27H2,1-2H3. The molecule has 4 aromatic rings. The van der Waals surface area contributed by atoms with Crippen LogP contribution < -0.4 is 15.2 Å². The van der Waals surface area contributed by atoms with Crippen molar-refractivity contribution < 1.29 is 13.2 Å². The lowest BCUT2D eigenvalue weighted by molar-refractivity contribution is 0.306. The number of hydrogen-bond donors (Lipinski definition) is 2. The Hall–Kier alpha value is -3.45. The number of nitrogens with two attached hydrogens (primary N) is 1. The number of anilines is 2. The highest BCUT2D eigenvalue weighted by molar-refractivity contribution is 7.92. The van der Waals surface area contributed by atoms with Gasteiger partial charge >= 0.3 is 0 Å². The molecular formula is C26H29N3O3S. The summed E-state index contributed by atoms with van der Waals surface area (Å²) in [5.74, 6) is 0.818. The number of rotatable bonds is 9. The third-order valence-electron chi connectivity index (χ3n) is 5.58. The molecule has 0 spiro atoms. The van der Waals surface area contributed by atoms with Gasteiger partial charge < -0.3 is 15.0 Å². The minimum absolute atomic E-state index is 0.0289. The van der Waals surface area contributed by atoms with Crippen molar-refractivity contribution in [2.75, 3.05) is 16.2 Å². The summed E-state index contributed by atoms with van der Waals surface area (Å²) in [7, 11) is -3.32. The van der Waals surface area contributed by atoms with Crippen LogP contribution in [0.4, 0.5) is 11.4 Å². The molecule has 1 aromatic heterocycles. The smallest absolute Gasteiger partial charge is 0.232 e. The average molecular weight is 464 g/mol. The van der Waals surface area contributed by atoms with Crippen molar-refractivity contribution in [3.8, 4) is 17.0 Å². The van der Waals surface area contributed by atoms with Gasteiger partial charge in [0.1, 0.15) is 12.4 Å². The molecule has 0 saturated heterocycles. The van der Waals surface area contributed by atoms with E-state index in [1.807, 2.05) is 60.7 Å². The predicted molar refractivity (Wildman–Crippen MR) is 136 cm³/mol. The molecule has 0 aliphatic carbocycles. The van der Waals surface area contributed by atoms with Crippen molar-refractivity contribution in [2.45, 2.75) is 33.4 Å². The second-order valence-electron chi connectivity index (χ2n) is 7.95. The number of sulfonamides is 1. The number of benzene rings is 3. The molecule has 1 heterocycles. The molecule has 0 radical (unpaired) electrons. The van der Waals surface area contributed by atoms with Crippen molar-refractivity contribution >= 4 is 32.3 Å². The number of aromatic nitrogens is 1. The van der Waals surface area contributed by atoms with Gasteiger partial charge in [-0.2, -0.15) is 0 Å². The zero-order valence-electron chi connectivity index (χ0n) is 18.9. The molecular weight excluding hydrogens is 434 g/mol. The highest BCUT2D eigenvalue weighted by Crippen LogP contribution is 2.38. The summed E-state index contributed by atoms with van der Waals surface area (Å²) in [4.78, 5) is 0. The summed E-state index contributed by atoms with van der Waals surface area (Å²) in [6.45, 7) is 5.04. The van der Waals surface area contributed by atoms with Crippen LogP contribution in [-0.4, -0.2) is 18.7 Å². The van der Waals surface area contributed by atoms with Crippen molar-refractivity contribution in [3.63, 3.8) is 0 Å². The summed E-state index contributed by atoms with van der Waals surface area (Å²) in [5, 5.41) is 0.973. The Morgan fingerprint density at radius 2 is 1.70 bits per heavy atom. The van der Waals surface area contributed by atoms with Gasteiger partial charge in [-0.25, -0.2) is 8.42 Å². The maximum atomic E-state index is 11.9. The summed E-state index contributed by atoms with van der Waals surface area (Å²) in [5.41, 5.74) is 11.8. The van der Waals surface area contributed by atoms with E-state index >= 15 is 0 Å². The van der Waals surface area contributed by atoms with Gasteiger partial charge in [0.2, 0.25) is 10.0 Å². The van der Waals surface area contributed by atoms with Gasteiger partial charge in [-0.1, -0.05) is 49.4 Å². The maximum Gasteiger partial charge on any atom is 0.232 e. The van der Waals surface area contributed by atoms with Crippen LogP contribution in [0.2, 0.25) is 0 Å². The lowest BCUT2D eigenvalue weighted by Crippen LogP contribution is -2.14. The molecule has 33 heavy (non-hydrogen) atoms. The Morgan fingerprint density at radius 1 is 0.970 bits per heavy atom. The lowest BCUT2D eigenvalue weighted by Gasteiger charge is -2.12. The molecule has 4 rings (SSSR count). The zero-order chi connectivity index (χ0) is 23.4. The molecule has 0 fully saturated rings. The Kier molecular flexibility index (Phi) is 6.60. The number of hydrogen-bond acceptors (Lipinski definition) is 4. The van der Waals surface area contributed by atoms with Crippen LogP contribution in [0.25, 0.3) is 22.2 Å². The molecule has 0 saturated carbocycles. The van der Waals surface area contributed by atoms with E-state index in [4.69, 9.17) is 10.5 Å². The third kappa shape index (κ3) is 4.98. The number of nitrogens with zero attached hydrogens (tertiary/aromatic N) is 1. The number of nitrogen functional groups attached to an aromatic ring is 1. The SMILES string of the molecule is CCCn1c(-c2ccc(NS(=O)(=O)CC)cc2)c(N)c2ccc(OCc3ccccc3)cc21. The van der Waals surface area contributed by atoms with E-state index in [2.05, 4.69) is 16.2 Å². The van der Waals surface area contributed by atoms with Crippen LogP contribution in [0.15, 0.2) is 72.8 Å². The summed E-state index contributed by atoms with van der Waals surface area (Å²) in [6.07, 6.45) is 0.944. The van der Waals surface area contributed by atoms with Crippen molar-refractivity contribution in [1.29, 1.82) is 0 Å². The van der Waals surface area contributed by atoms with Gasteiger partial charge in [0.05, 0.1) is 22.7 Å². The molecule has 0 atom stereocenters. The normalized spacial score (nSPS) is 11.6. The Morgan fingerprint density at radius 3 is 2.36 bits per heavy atom. The van der Waals surface area contributed by atoms with Gasteiger partial charge in [0.15, 0.2) is 0 Å². The predicted octanol–water partition coefficient (Wildman–Crippen LogP) is 5.64. The number of ether oxygens (including phenoxy) is 1. The second kappa shape index (κ2) is 9.58. The van der Waals surface area contributed by atoms with Gasteiger partial charge in [-0.15, -0.1) is 0 Å². The highest BCUT2D eigenvalue weighted by Gasteiger charge is 2.17. The molecule has 0 amide bonds. The first-order chi connectivity index (χ1) is 15.9. The number of aryl methyl sites for hydroxylation is 1. The molecule has 0 aliphatic heterocycles. The average Bonchev–Trinajstić information content (AvgIpc) is 3.10. The largest absolute Gasteiger partial charge is 0.489 e. The maximum absolute atomic E-state index is 11.9. The van der Waals surface area contributed by atoms with E-state index < -0.39 is 10.0 Å². The second-order valence-corrected chi connectivity index (χ2v) is 9.96. The quantitative estimate of drug-likeness (QED) is 0.336. The first-order valence-electron chi connectivity index (χ1n) is 11.1. The van der Waals surface area contributed by atoms with Crippen molar-refractivity contribution in [2.24, 2.45) is 0 Å². The van der Waals surface area contributed by atoms with E-state index in [0.29, 0.717) is 18.0 Å². The zero-order valence-corrected chi connectivity index (χ0v) is 19.7. The summed E-state index contributed by atoms with van der Waals surface area (Å²) >= 11 is 0. The Labute approximate surface area is 195 Å². The molecule has 7 heteroatoms. The molecule has 172 valence electrons. The number of nitrogens with one attached hydrogen (secondary N) is 1. The van der Waals surface area contributed by atoms with Crippen LogP contribution in [0.5, 0.6) is 5.75 Å². The fourth-order valence-electron chi connectivity index (χ4n) is 3.90. The van der Waals surface area contributed by atoms with Gasteiger partial charge in [0, 0.05) is 29.2 Å². The molecule has 6 nitrogen and oxygen atoms in total.